The summed E-state index contributed by atoms with van der Waals surface area (Å²) in [5, 5.41) is 6.08. The first-order valence-electron chi connectivity index (χ1n) is 7.82. The third-order valence-electron chi connectivity index (χ3n) is 3.54. The van der Waals surface area contributed by atoms with Crippen molar-refractivity contribution in [1.29, 1.82) is 0 Å². The summed E-state index contributed by atoms with van der Waals surface area (Å²) >= 11 is 0. The van der Waals surface area contributed by atoms with Crippen molar-refractivity contribution >= 4 is 23.1 Å². The number of anilines is 3. The molecule has 0 saturated carbocycles. The van der Waals surface area contributed by atoms with Crippen LogP contribution in [-0.4, -0.2) is 10.9 Å². The van der Waals surface area contributed by atoms with E-state index in [4.69, 9.17) is 0 Å². The Hall–Kier alpha value is -3.14. The molecule has 24 heavy (non-hydrogen) atoms. The Morgan fingerprint density at radius 3 is 2.50 bits per heavy atom. The van der Waals surface area contributed by atoms with Crippen molar-refractivity contribution in [3.8, 4) is 0 Å². The van der Waals surface area contributed by atoms with Gasteiger partial charge >= 0.3 is 0 Å². The summed E-state index contributed by atoms with van der Waals surface area (Å²) < 4.78 is 0. The van der Waals surface area contributed by atoms with E-state index in [9.17, 15) is 4.79 Å². The molecular weight excluding hydrogens is 298 g/mol. The maximum atomic E-state index is 12.1. The molecule has 0 aliphatic carbocycles. The molecule has 3 rings (SSSR count). The average Bonchev–Trinajstić information content (AvgIpc) is 2.57. The quantitative estimate of drug-likeness (QED) is 0.737. The number of hydrogen-bond acceptors (Lipinski definition) is 3. The first kappa shape index (κ1) is 15.7. The number of aromatic nitrogens is 1. The van der Waals surface area contributed by atoms with Crippen molar-refractivity contribution in [2.45, 2.75) is 13.3 Å². The van der Waals surface area contributed by atoms with Crippen LogP contribution in [0.1, 0.15) is 11.1 Å². The summed E-state index contributed by atoms with van der Waals surface area (Å²) in [6.07, 6.45) is 2.01. The molecule has 0 fully saturated rings. The van der Waals surface area contributed by atoms with Crippen molar-refractivity contribution in [1.82, 2.24) is 4.98 Å². The monoisotopic (exact) mass is 317 g/mol. The van der Waals surface area contributed by atoms with Crippen LogP contribution in [-0.2, 0) is 11.2 Å². The molecule has 2 N–H and O–H groups in total. The van der Waals surface area contributed by atoms with Crippen LogP contribution in [0.4, 0.5) is 17.2 Å². The second kappa shape index (κ2) is 7.42. The molecule has 0 radical (unpaired) electrons. The molecule has 1 aromatic heterocycles. The summed E-state index contributed by atoms with van der Waals surface area (Å²) in [6.45, 7) is 2.02. The first-order chi connectivity index (χ1) is 11.7. The lowest BCUT2D eigenvalue weighted by Gasteiger charge is -2.08. The molecule has 2 aromatic carbocycles. The molecule has 3 aromatic rings. The van der Waals surface area contributed by atoms with Gasteiger partial charge < -0.3 is 10.6 Å². The molecule has 0 unspecified atom stereocenters. The van der Waals surface area contributed by atoms with E-state index in [0.29, 0.717) is 12.1 Å². The van der Waals surface area contributed by atoms with Crippen LogP contribution in [0.15, 0.2) is 72.9 Å². The molecule has 0 atom stereocenters. The minimum Gasteiger partial charge on any atom is -0.340 e. The standard InChI is InChI=1S/C20H19N3O/c1-15-6-5-7-16(12-15)13-20(24)23-18-10-11-19(21-14-18)22-17-8-3-2-4-9-17/h2-12,14H,13H2,1H3,(H,21,22)(H,23,24). The fraction of sp³-hybridized carbons (Fsp3) is 0.100. The molecule has 4 nitrogen and oxygen atoms in total. The van der Waals surface area contributed by atoms with Gasteiger partial charge in [0.1, 0.15) is 5.82 Å². The molecule has 1 amide bonds. The van der Waals surface area contributed by atoms with Gasteiger partial charge in [-0.3, -0.25) is 4.79 Å². The summed E-state index contributed by atoms with van der Waals surface area (Å²) in [5.74, 6) is 0.684. The normalized spacial score (nSPS) is 10.2. The summed E-state index contributed by atoms with van der Waals surface area (Å²) in [5.41, 5.74) is 3.81. The van der Waals surface area contributed by atoms with Crippen molar-refractivity contribution in [2.75, 3.05) is 10.6 Å². The van der Waals surface area contributed by atoms with Crippen molar-refractivity contribution < 1.29 is 4.79 Å². The van der Waals surface area contributed by atoms with Gasteiger partial charge in [0, 0.05) is 5.69 Å². The van der Waals surface area contributed by atoms with Crippen molar-refractivity contribution in [2.24, 2.45) is 0 Å². The number of pyridine rings is 1. The van der Waals surface area contributed by atoms with E-state index in [-0.39, 0.29) is 5.91 Å². The van der Waals surface area contributed by atoms with Crippen LogP contribution in [0.5, 0.6) is 0 Å². The first-order valence-corrected chi connectivity index (χ1v) is 7.82. The number of aryl methyl sites for hydroxylation is 1. The second-order valence-electron chi connectivity index (χ2n) is 5.64. The summed E-state index contributed by atoms with van der Waals surface area (Å²) in [7, 11) is 0. The van der Waals surface area contributed by atoms with Crippen molar-refractivity contribution in [3.63, 3.8) is 0 Å². The van der Waals surface area contributed by atoms with Gasteiger partial charge in [0.2, 0.25) is 5.91 Å². The molecule has 0 aliphatic heterocycles. The molecule has 1 heterocycles. The molecule has 0 bridgehead atoms. The number of carbonyl (C=O) groups excluding carboxylic acids is 1. The van der Waals surface area contributed by atoms with Gasteiger partial charge in [0.15, 0.2) is 0 Å². The number of amides is 1. The maximum absolute atomic E-state index is 12.1. The molecular formula is C20H19N3O. The number of nitrogens with one attached hydrogen (secondary N) is 2. The van der Waals surface area contributed by atoms with Crippen LogP contribution in [0, 0.1) is 6.92 Å². The molecule has 0 spiro atoms. The highest BCUT2D eigenvalue weighted by atomic mass is 16.1. The number of hydrogen-bond donors (Lipinski definition) is 2. The number of carbonyl (C=O) groups is 1. The van der Waals surface area contributed by atoms with E-state index >= 15 is 0 Å². The maximum Gasteiger partial charge on any atom is 0.228 e. The predicted molar refractivity (Wildman–Crippen MR) is 97.5 cm³/mol. The summed E-state index contributed by atoms with van der Waals surface area (Å²) in [6, 6.07) is 21.5. The number of rotatable bonds is 5. The highest BCUT2D eigenvalue weighted by Crippen LogP contribution is 2.16. The van der Waals surface area contributed by atoms with Crippen LogP contribution in [0.2, 0.25) is 0 Å². The van der Waals surface area contributed by atoms with E-state index in [0.717, 1.165) is 22.6 Å². The highest BCUT2D eigenvalue weighted by Gasteiger charge is 2.05. The van der Waals surface area contributed by atoms with Gasteiger partial charge in [0.05, 0.1) is 18.3 Å². The highest BCUT2D eigenvalue weighted by molar-refractivity contribution is 5.92. The summed E-state index contributed by atoms with van der Waals surface area (Å²) in [4.78, 5) is 16.4. The Morgan fingerprint density at radius 2 is 1.79 bits per heavy atom. The Bertz CT molecular complexity index is 814. The second-order valence-corrected chi connectivity index (χ2v) is 5.64. The zero-order valence-corrected chi connectivity index (χ0v) is 13.5. The number of benzene rings is 2. The number of para-hydroxylation sites is 1. The molecule has 4 heteroatoms. The Kier molecular flexibility index (Phi) is 4.87. The minimum absolute atomic E-state index is 0.0498. The van der Waals surface area contributed by atoms with Crippen LogP contribution in [0.3, 0.4) is 0 Å². The van der Waals surface area contributed by atoms with Crippen molar-refractivity contribution in [3.05, 3.63) is 84.1 Å². The lowest BCUT2D eigenvalue weighted by atomic mass is 10.1. The predicted octanol–water partition coefficient (Wildman–Crippen LogP) is 4.31. The third-order valence-corrected chi connectivity index (χ3v) is 3.54. The lowest BCUT2D eigenvalue weighted by molar-refractivity contribution is -0.115. The largest absolute Gasteiger partial charge is 0.340 e. The topological polar surface area (TPSA) is 54.0 Å². The lowest BCUT2D eigenvalue weighted by Crippen LogP contribution is -2.14. The minimum atomic E-state index is -0.0498. The third kappa shape index (κ3) is 4.43. The fourth-order valence-corrected chi connectivity index (χ4v) is 2.42. The van der Waals surface area contributed by atoms with Gasteiger partial charge in [-0.2, -0.15) is 0 Å². The molecule has 0 aliphatic rings. The van der Waals surface area contributed by atoms with Gasteiger partial charge in [-0.1, -0.05) is 48.0 Å². The van der Waals surface area contributed by atoms with E-state index < -0.39 is 0 Å². The van der Waals surface area contributed by atoms with Gasteiger partial charge in [0.25, 0.3) is 0 Å². The Balaban J connectivity index is 1.58. The van der Waals surface area contributed by atoms with E-state index in [2.05, 4.69) is 15.6 Å². The van der Waals surface area contributed by atoms with E-state index in [1.807, 2.05) is 73.7 Å². The smallest absolute Gasteiger partial charge is 0.228 e. The molecule has 0 saturated heterocycles. The van der Waals surface area contributed by atoms with Crippen LogP contribution < -0.4 is 10.6 Å². The average molecular weight is 317 g/mol. The van der Waals surface area contributed by atoms with E-state index in [1.54, 1.807) is 6.20 Å². The zero-order valence-electron chi connectivity index (χ0n) is 13.5. The van der Waals surface area contributed by atoms with Gasteiger partial charge in [-0.25, -0.2) is 4.98 Å². The zero-order chi connectivity index (χ0) is 16.8. The SMILES string of the molecule is Cc1cccc(CC(=O)Nc2ccc(Nc3ccccc3)nc2)c1. The molecule has 120 valence electrons. The van der Waals surface area contributed by atoms with Crippen LogP contribution in [0.25, 0.3) is 0 Å². The Morgan fingerprint density at radius 1 is 0.958 bits per heavy atom. The van der Waals surface area contributed by atoms with Gasteiger partial charge in [-0.05, 0) is 36.8 Å². The van der Waals surface area contributed by atoms with Crippen LogP contribution >= 0.6 is 0 Å². The van der Waals surface area contributed by atoms with Gasteiger partial charge in [-0.15, -0.1) is 0 Å². The number of nitrogens with zero attached hydrogens (tertiary/aromatic N) is 1. The fourth-order valence-electron chi connectivity index (χ4n) is 2.42. The Labute approximate surface area is 141 Å². The van der Waals surface area contributed by atoms with E-state index in [1.165, 1.54) is 0 Å².